The molecule has 1 aliphatic rings. The van der Waals surface area contributed by atoms with Gasteiger partial charge in [-0.25, -0.2) is 0 Å². The lowest BCUT2D eigenvalue weighted by Gasteiger charge is -2.28. The van der Waals surface area contributed by atoms with Gasteiger partial charge >= 0.3 is 0 Å². The molecule has 0 unspecified atom stereocenters. The third kappa shape index (κ3) is 2.54. The van der Waals surface area contributed by atoms with Crippen molar-refractivity contribution in [2.75, 3.05) is 13.2 Å². The van der Waals surface area contributed by atoms with Crippen LogP contribution in [0.5, 0.6) is 0 Å². The third-order valence-corrected chi connectivity index (χ3v) is 3.70. The van der Waals surface area contributed by atoms with Gasteiger partial charge in [0.2, 0.25) is 0 Å². The van der Waals surface area contributed by atoms with Gasteiger partial charge in [0.15, 0.2) is 0 Å². The Morgan fingerprint density at radius 3 is 2.53 bits per heavy atom. The van der Waals surface area contributed by atoms with Crippen molar-refractivity contribution in [2.24, 2.45) is 5.73 Å². The van der Waals surface area contributed by atoms with Crippen molar-refractivity contribution in [1.82, 2.24) is 0 Å². The maximum absolute atomic E-state index is 6.15. The highest BCUT2D eigenvalue weighted by atomic mass is 32.2. The van der Waals surface area contributed by atoms with Gasteiger partial charge < -0.3 is 10.5 Å². The van der Waals surface area contributed by atoms with Crippen LogP contribution in [0.4, 0.5) is 0 Å². The van der Waals surface area contributed by atoms with E-state index in [0.29, 0.717) is 5.25 Å². The van der Waals surface area contributed by atoms with Crippen molar-refractivity contribution in [3.63, 3.8) is 0 Å². The maximum Gasteiger partial charge on any atom is 0.0611 e. The van der Waals surface area contributed by atoms with Gasteiger partial charge in [-0.3, -0.25) is 0 Å². The zero-order valence-electron chi connectivity index (χ0n) is 9.19. The molecule has 2 N–H and O–H groups in total. The van der Waals surface area contributed by atoms with Crippen molar-refractivity contribution in [3.05, 3.63) is 29.8 Å². The van der Waals surface area contributed by atoms with Gasteiger partial charge in [0.1, 0.15) is 0 Å². The molecule has 3 heteroatoms. The number of benzene rings is 1. The van der Waals surface area contributed by atoms with Crippen LogP contribution in [0.15, 0.2) is 29.2 Å². The molecule has 0 radical (unpaired) electrons. The third-order valence-electron chi connectivity index (χ3n) is 2.48. The Hall–Kier alpha value is -0.510. The van der Waals surface area contributed by atoms with Crippen molar-refractivity contribution in [2.45, 2.75) is 29.5 Å². The normalized spacial score (nSPS) is 17.5. The molecule has 0 aromatic heterocycles. The summed E-state index contributed by atoms with van der Waals surface area (Å²) < 4.78 is 5.18. The molecule has 0 amide bonds. The fraction of sp³-hybridized carbons (Fsp3) is 0.500. The fourth-order valence-electron chi connectivity index (χ4n) is 1.56. The quantitative estimate of drug-likeness (QED) is 0.854. The van der Waals surface area contributed by atoms with Crippen molar-refractivity contribution in [1.29, 1.82) is 0 Å². The number of hydrogen-bond donors (Lipinski definition) is 1. The summed E-state index contributed by atoms with van der Waals surface area (Å²) in [5, 5.41) is 0.605. The Bertz CT molecular complexity index is 342. The van der Waals surface area contributed by atoms with Gasteiger partial charge in [0.05, 0.1) is 18.5 Å². The van der Waals surface area contributed by atoms with E-state index in [1.165, 1.54) is 10.5 Å². The zero-order chi connectivity index (χ0) is 10.9. The first-order valence-corrected chi connectivity index (χ1v) is 6.08. The van der Waals surface area contributed by atoms with E-state index in [-0.39, 0.29) is 5.54 Å². The molecular formula is C12H17NOS. The van der Waals surface area contributed by atoms with Crippen LogP contribution in [0.25, 0.3) is 0 Å². The molecule has 82 valence electrons. The molecule has 2 nitrogen and oxygen atoms in total. The Kier molecular flexibility index (Phi) is 3.05. The molecule has 1 fully saturated rings. The van der Waals surface area contributed by atoms with Crippen LogP contribution in [-0.4, -0.2) is 18.5 Å². The number of thioether (sulfide) groups is 1. The number of rotatable bonds is 3. The molecule has 1 aliphatic heterocycles. The summed E-state index contributed by atoms with van der Waals surface area (Å²) in [4.78, 5) is 1.29. The van der Waals surface area contributed by atoms with Gasteiger partial charge in [0.25, 0.3) is 0 Å². The first-order chi connectivity index (χ1) is 7.07. The molecule has 1 aromatic carbocycles. The number of nitrogens with two attached hydrogens (primary N) is 1. The Labute approximate surface area is 95.2 Å². The molecular weight excluding hydrogens is 206 g/mol. The van der Waals surface area contributed by atoms with E-state index in [2.05, 4.69) is 18.2 Å². The smallest absolute Gasteiger partial charge is 0.0611 e. The highest BCUT2D eigenvalue weighted by Gasteiger charge is 2.24. The van der Waals surface area contributed by atoms with Crippen LogP contribution in [-0.2, 0) is 10.3 Å². The lowest BCUT2D eigenvalue weighted by Crippen LogP contribution is -2.32. The van der Waals surface area contributed by atoms with Crippen LogP contribution >= 0.6 is 11.8 Å². The van der Waals surface area contributed by atoms with E-state index >= 15 is 0 Å². The zero-order valence-corrected chi connectivity index (χ0v) is 10.0. The average Bonchev–Trinajstić information content (AvgIpc) is 2.10. The largest absolute Gasteiger partial charge is 0.379 e. The van der Waals surface area contributed by atoms with Gasteiger partial charge in [0, 0.05) is 10.4 Å². The second-order valence-electron chi connectivity index (χ2n) is 4.50. The second-order valence-corrected chi connectivity index (χ2v) is 5.84. The molecule has 1 heterocycles. The molecule has 15 heavy (non-hydrogen) atoms. The van der Waals surface area contributed by atoms with Crippen LogP contribution in [0.3, 0.4) is 0 Å². The molecule has 2 rings (SSSR count). The second kappa shape index (κ2) is 4.16. The molecule has 0 spiro atoms. The van der Waals surface area contributed by atoms with Crippen LogP contribution in [0, 0.1) is 0 Å². The minimum Gasteiger partial charge on any atom is -0.379 e. The van der Waals surface area contributed by atoms with Crippen LogP contribution < -0.4 is 5.73 Å². The summed E-state index contributed by atoms with van der Waals surface area (Å²) >= 11 is 1.88. The van der Waals surface area contributed by atoms with Crippen LogP contribution in [0.1, 0.15) is 19.4 Å². The predicted octanol–water partition coefficient (Wildman–Crippen LogP) is 2.37. The summed E-state index contributed by atoms with van der Waals surface area (Å²) in [6.45, 7) is 5.82. The van der Waals surface area contributed by atoms with E-state index in [4.69, 9.17) is 10.5 Å². The topological polar surface area (TPSA) is 35.2 Å². The predicted molar refractivity (Wildman–Crippen MR) is 64.1 cm³/mol. The van der Waals surface area contributed by atoms with Gasteiger partial charge in [-0.15, -0.1) is 11.8 Å². The van der Waals surface area contributed by atoms with E-state index in [1.54, 1.807) is 0 Å². The molecule has 1 aromatic rings. The number of hydrogen-bond acceptors (Lipinski definition) is 3. The molecule has 0 bridgehead atoms. The van der Waals surface area contributed by atoms with Gasteiger partial charge in [-0.05, 0) is 25.5 Å². The Balaban J connectivity index is 2.21. The van der Waals surface area contributed by atoms with E-state index in [9.17, 15) is 0 Å². The van der Waals surface area contributed by atoms with Gasteiger partial charge in [-0.2, -0.15) is 0 Å². The highest BCUT2D eigenvalue weighted by Crippen LogP contribution is 2.34. The Morgan fingerprint density at radius 2 is 2.00 bits per heavy atom. The van der Waals surface area contributed by atoms with Crippen molar-refractivity contribution < 1.29 is 4.74 Å². The minimum atomic E-state index is -0.270. The summed E-state index contributed by atoms with van der Waals surface area (Å²) in [6, 6.07) is 8.37. The SMILES string of the molecule is CC(C)(N)c1ccccc1SC1COC1. The minimum absolute atomic E-state index is 0.270. The molecule has 1 saturated heterocycles. The molecule has 0 atom stereocenters. The van der Waals surface area contributed by atoms with E-state index in [0.717, 1.165) is 13.2 Å². The fourth-order valence-corrected chi connectivity index (χ4v) is 2.87. The lowest BCUT2D eigenvalue weighted by molar-refractivity contribution is 0.0455. The first-order valence-electron chi connectivity index (χ1n) is 5.20. The summed E-state index contributed by atoms with van der Waals surface area (Å²) in [5.74, 6) is 0. The van der Waals surface area contributed by atoms with Gasteiger partial charge in [-0.1, -0.05) is 18.2 Å². The average molecular weight is 223 g/mol. The maximum atomic E-state index is 6.15. The standard InChI is InChI=1S/C12H17NOS/c1-12(2,13)10-5-3-4-6-11(10)15-9-7-14-8-9/h3-6,9H,7-8,13H2,1-2H3. The number of ether oxygens (including phenoxy) is 1. The van der Waals surface area contributed by atoms with E-state index < -0.39 is 0 Å². The van der Waals surface area contributed by atoms with E-state index in [1.807, 2.05) is 31.7 Å². The summed E-state index contributed by atoms with van der Waals surface area (Å²) in [5.41, 5.74) is 7.10. The Morgan fingerprint density at radius 1 is 1.33 bits per heavy atom. The lowest BCUT2D eigenvalue weighted by atomic mass is 9.96. The van der Waals surface area contributed by atoms with Crippen molar-refractivity contribution >= 4 is 11.8 Å². The monoisotopic (exact) mass is 223 g/mol. The first kappa shape index (κ1) is 11.0. The van der Waals surface area contributed by atoms with Crippen LogP contribution in [0.2, 0.25) is 0 Å². The molecule has 0 aliphatic carbocycles. The van der Waals surface area contributed by atoms with Crippen molar-refractivity contribution in [3.8, 4) is 0 Å². The molecule has 0 saturated carbocycles. The summed E-state index contributed by atoms with van der Waals surface area (Å²) in [6.07, 6.45) is 0. The highest BCUT2D eigenvalue weighted by molar-refractivity contribution is 8.00. The summed E-state index contributed by atoms with van der Waals surface area (Å²) in [7, 11) is 0.